The minimum absolute atomic E-state index is 0.404. The van der Waals surface area contributed by atoms with Crippen LogP contribution in [0, 0.1) is 0 Å². The summed E-state index contributed by atoms with van der Waals surface area (Å²) in [6.45, 7) is 0. The summed E-state index contributed by atoms with van der Waals surface area (Å²) in [5.74, 6) is 1.29. The fourth-order valence-corrected chi connectivity index (χ4v) is 1.17. The molecule has 1 N–H and O–H groups in total. The highest BCUT2D eigenvalue weighted by molar-refractivity contribution is 5.54. The van der Waals surface area contributed by atoms with Gasteiger partial charge in [-0.25, -0.2) is 0 Å². The van der Waals surface area contributed by atoms with E-state index in [9.17, 15) is 0 Å². The minimum atomic E-state index is 0.404. The highest BCUT2D eigenvalue weighted by atomic mass is 16.5. The smallest absolute Gasteiger partial charge is 0.315 e. The van der Waals surface area contributed by atoms with Gasteiger partial charge < -0.3 is 14.5 Å². The maximum Gasteiger partial charge on any atom is 0.315 e. The summed E-state index contributed by atoms with van der Waals surface area (Å²) in [5.41, 5.74) is 0.866. The third kappa shape index (κ3) is 1.90. The second kappa shape index (κ2) is 4.00. The SMILES string of the molecule is CNc1nnc(-c2ccc(OC)cc2)o1. The molecule has 0 aliphatic carbocycles. The van der Waals surface area contributed by atoms with Gasteiger partial charge in [-0.2, -0.15) is 0 Å². The summed E-state index contributed by atoms with van der Waals surface area (Å²) >= 11 is 0. The Kier molecular flexibility index (Phi) is 2.53. The molecule has 78 valence electrons. The van der Waals surface area contributed by atoms with Crippen LogP contribution in [0.15, 0.2) is 28.7 Å². The van der Waals surface area contributed by atoms with E-state index in [1.165, 1.54) is 0 Å². The highest BCUT2D eigenvalue weighted by Gasteiger charge is 2.06. The Morgan fingerprint density at radius 1 is 1.20 bits per heavy atom. The predicted octanol–water partition coefficient (Wildman–Crippen LogP) is 1.79. The Labute approximate surface area is 87.1 Å². The van der Waals surface area contributed by atoms with Crippen LogP contribution in [0.2, 0.25) is 0 Å². The lowest BCUT2D eigenvalue weighted by Gasteiger charge is -1.99. The van der Waals surface area contributed by atoms with E-state index in [0.717, 1.165) is 11.3 Å². The van der Waals surface area contributed by atoms with Crippen molar-refractivity contribution in [2.75, 3.05) is 19.5 Å². The van der Waals surface area contributed by atoms with Crippen molar-refractivity contribution in [3.8, 4) is 17.2 Å². The first-order valence-corrected chi connectivity index (χ1v) is 4.49. The molecule has 2 rings (SSSR count). The fraction of sp³-hybridized carbons (Fsp3) is 0.200. The molecule has 0 aliphatic heterocycles. The van der Waals surface area contributed by atoms with Crippen LogP contribution in [0.1, 0.15) is 0 Å². The number of ether oxygens (including phenoxy) is 1. The van der Waals surface area contributed by atoms with Crippen LogP contribution in [0.3, 0.4) is 0 Å². The Morgan fingerprint density at radius 3 is 2.47 bits per heavy atom. The summed E-state index contributed by atoms with van der Waals surface area (Å²) in [4.78, 5) is 0. The Morgan fingerprint density at radius 2 is 1.93 bits per heavy atom. The highest BCUT2D eigenvalue weighted by Crippen LogP contribution is 2.21. The van der Waals surface area contributed by atoms with Crippen LogP contribution < -0.4 is 10.1 Å². The van der Waals surface area contributed by atoms with Gasteiger partial charge in [0.2, 0.25) is 5.89 Å². The van der Waals surface area contributed by atoms with Crippen LogP contribution in [-0.2, 0) is 0 Å². The second-order valence-corrected chi connectivity index (χ2v) is 2.89. The van der Waals surface area contributed by atoms with E-state index >= 15 is 0 Å². The molecule has 5 nitrogen and oxygen atoms in total. The Bertz CT molecular complexity index is 436. The first-order chi connectivity index (χ1) is 7.33. The van der Waals surface area contributed by atoms with Gasteiger partial charge in [-0.1, -0.05) is 5.10 Å². The van der Waals surface area contributed by atoms with Crippen LogP contribution >= 0.6 is 0 Å². The Hall–Kier alpha value is -2.04. The Balaban J connectivity index is 2.28. The molecule has 0 bridgehead atoms. The zero-order chi connectivity index (χ0) is 10.7. The maximum absolute atomic E-state index is 5.32. The van der Waals surface area contributed by atoms with E-state index in [-0.39, 0.29) is 0 Å². The molecule has 15 heavy (non-hydrogen) atoms. The molecule has 0 aliphatic rings. The molecule has 0 unspecified atom stereocenters. The van der Waals surface area contributed by atoms with E-state index in [0.29, 0.717) is 11.9 Å². The van der Waals surface area contributed by atoms with Gasteiger partial charge in [0.1, 0.15) is 5.75 Å². The number of aromatic nitrogens is 2. The molecule has 1 aromatic heterocycles. The molecule has 5 heteroatoms. The molecule has 0 spiro atoms. The van der Waals surface area contributed by atoms with Crippen LogP contribution in [0.4, 0.5) is 6.01 Å². The number of methoxy groups -OCH3 is 1. The van der Waals surface area contributed by atoms with Gasteiger partial charge in [0, 0.05) is 12.6 Å². The molecular weight excluding hydrogens is 194 g/mol. The van der Waals surface area contributed by atoms with Crippen molar-refractivity contribution >= 4 is 6.01 Å². The normalized spacial score (nSPS) is 10.0. The van der Waals surface area contributed by atoms with Crippen molar-refractivity contribution in [1.29, 1.82) is 0 Å². The van der Waals surface area contributed by atoms with E-state index < -0.39 is 0 Å². The second-order valence-electron chi connectivity index (χ2n) is 2.89. The number of benzene rings is 1. The number of hydrogen-bond donors (Lipinski definition) is 1. The number of anilines is 1. The lowest BCUT2D eigenvalue weighted by atomic mass is 10.2. The number of nitrogens with one attached hydrogen (secondary N) is 1. The van der Waals surface area contributed by atoms with Crippen LogP contribution in [0.5, 0.6) is 5.75 Å². The summed E-state index contributed by atoms with van der Waals surface area (Å²) in [7, 11) is 3.35. The lowest BCUT2D eigenvalue weighted by Crippen LogP contribution is -1.85. The molecule has 1 aromatic carbocycles. The van der Waals surface area contributed by atoms with Gasteiger partial charge in [0.15, 0.2) is 0 Å². The van der Waals surface area contributed by atoms with Crippen LogP contribution in [0.25, 0.3) is 11.5 Å². The lowest BCUT2D eigenvalue weighted by molar-refractivity contribution is 0.415. The van der Waals surface area contributed by atoms with Gasteiger partial charge >= 0.3 is 6.01 Å². The van der Waals surface area contributed by atoms with E-state index in [2.05, 4.69) is 15.5 Å². The zero-order valence-corrected chi connectivity index (χ0v) is 8.52. The van der Waals surface area contributed by atoms with Gasteiger partial charge in [0.25, 0.3) is 0 Å². The number of rotatable bonds is 3. The molecule has 0 atom stereocenters. The van der Waals surface area contributed by atoms with Gasteiger partial charge in [0.05, 0.1) is 7.11 Å². The molecule has 0 saturated carbocycles. The van der Waals surface area contributed by atoms with Crippen molar-refractivity contribution in [1.82, 2.24) is 10.2 Å². The fourth-order valence-electron chi connectivity index (χ4n) is 1.17. The first kappa shape index (κ1) is 9.51. The monoisotopic (exact) mass is 205 g/mol. The van der Waals surface area contributed by atoms with E-state index in [1.54, 1.807) is 14.2 Å². The average Bonchev–Trinajstić information content (AvgIpc) is 2.78. The third-order valence-electron chi connectivity index (χ3n) is 1.98. The topological polar surface area (TPSA) is 60.2 Å². The molecule has 0 radical (unpaired) electrons. The van der Waals surface area contributed by atoms with Gasteiger partial charge in [-0.3, -0.25) is 0 Å². The first-order valence-electron chi connectivity index (χ1n) is 4.49. The average molecular weight is 205 g/mol. The summed E-state index contributed by atoms with van der Waals surface area (Å²) in [6, 6.07) is 7.83. The summed E-state index contributed by atoms with van der Waals surface area (Å²) in [5, 5.41) is 10.5. The molecule has 2 aromatic rings. The van der Waals surface area contributed by atoms with Crippen molar-refractivity contribution in [3.63, 3.8) is 0 Å². The third-order valence-corrected chi connectivity index (χ3v) is 1.98. The minimum Gasteiger partial charge on any atom is -0.497 e. The molecule has 0 saturated heterocycles. The van der Waals surface area contributed by atoms with Crippen molar-refractivity contribution in [3.05, 3.63) is 24.3 Å². The molecular formula is C10H11N3O2. The van der Waals surface area contributed by atoms with Crippen molar-refractivity contribution < 1.29 is 9.15 Å². The largest absolute Gasteiger partial charge is 0.497 e. The molecule has 0 fully saturated rings. The van der Waals surface area contributed by atoms with Gasteiger partial charge in [-0.05, 0) is 24.3 Å². The number of nitrogens with zero attached hydrogens (tertiary/aromatic N) is 2. The van der Waals surface area contributed by atoms with E-state index in [1.807, 2.05) is 24.3 Å². The van der Waals surface area contributed by atoms with Crippen molar-refractivity contribution in [2.45, 2.75) is 0 Å². The summed E-state index contributed by atoms with van der Waals surface area (Å²) < 4.78 is 10.4. The summed E-state index contributed by atoms with van der Waals surface area (Å²) in [6.07, 6.45) is 0. The molecule has 0 amide bonds. The van der Waals surface area contributed by atoms with Crippen LogP contribution in [-0.4, -0.2) is 24.4 Å². The van der Waals surface area contributed by atoms with Crippen molar-refractivity contribution in [2.24, 2.45) is 0 Å². The van der Waals surface area contributed by atoms with Gasteiger partial charge in [-0.15, -0.1) is 5.10 Å². The zero-order valence-electron chi connectivity index (χ0n) is 8.52. The van der Waals surface area contributed by atoms with E-state index in [4.69, 9.17) is 9.15 Å². The quantitative estimate of drug-likeness (QED) is 0.827. The molecule has 1 heterocycles. The predicted molar refractivity (Wildman–Crippen MR) is 55.8 cm³/mol. The maximum atomic E-state index is 5.32. The number of hydrogen-bond acceptors (Lipinski definition) is 5. The standard InChI is InChI=1S/C10H11N3O2/c1-11-10-13-12-9(15-10)7-3-5-8(14-2)6-4-7/h3-6H,1-2H3,(H,11,13).